The fraction of sp³-hybridized carbons (Fsp3) is 0.238. The Kier molecular flexibility index (Phi) is 5.70. The molecule has 9 heteroatoms. The van der Waals surface area contributed by atoms with Crippen molar-refractivity contribution in [2.45, 2.75) is 6.54 Å². The number of benzene rings is 1. The van der Waals surface area contributed by atoms with E-state index < -0.39 is 4.92 Å². The van der Waals surface area contributed by atoms with Gasteiger partial charge in [0.05, 0.1) is 4.92 Å². The van der Waals surface area contributed by atoms with E-state index >= 15 is 0 Å². The second-order valence-corrected chi connectivity index (χ2v) is 8.14. The minimum Gasteiger partial charge on any atom is -0.353 e. The number of halogens is 1. The summed E-state index contributed by atoms with van der Waals surface area (Å²) in [5.41, 5.74) is 0.917. The molecule has 2 aromatic heterocycles. The van der Waals surface area contributed by atoms with Gasteiger partial charge in [-0.25, -0.2) is 9.37 Å². The number of hydrogen-bond acceptors (Lipinski definition) is 7. The molecule has 0 bridgehead atoms. The number of rotatable bonds is 5. The molecule has 0 amide bonds. The zero-order valence-electron chi connectivity index (χ0n) is 16.0. The summed E-state index contributed by atoms with van der Waals surface area (Å²) in [6, 6.07) is 14.0. The standard InChI is InChI=1S/C21H18FN5O2S/c22-17-3-1-2-15(10-17)20-5-4-19(30-20)14-25-6-8-26(9-7-25)21-16(12-23)11-18(13-24-21)27(28)29/h1-5,10-11,13H,6-9,14H2. The minimum absolute atomic E-state index is 0.180. The van der Waals surface area contributed by atoms with Crippen LogP contribution in [0.4, 0.5) is 15.9 Å². The third kappa shape index (κ3) is 4.30. The molecule has 1 saturated heterocycles. The molecular formula is C21H18FN5O2S. The van der Waals surface area contributed by atoms with Crippen molar-refractivity contribution in [1.29, 1.82) is 5.26 Å². The molecule has 0 atom stereocenters. The van der Waals surface area contributed by atoms with E-state index in [0.29, 0.717) is 18.9 Å². The molecule has 1 aromatic carbocycles. The van der Waals surface area contributed by atoms with Crippen molar-refractivity contribution in [2.24, 2.45) is 0 Å². The van der Waals surface area contributed by atoms with Crippen molar-refractivity contribution >= 4 is 22.8 Å². The van der Waals surface area contributed by atoms with Gasteiger partial charge in [-0.2, -0.15) is 5.26 Å². The average Bonchev–Trinajstić information content (AvgIpc) is 3.22. The number of thiophene rings is 1. The Balaban J connectivity index is 1.39. The molecule has 0 unspecified atom stereocenters. The van der Waals surface area contributed by atoms with Gasteiger partial charge >= 0.3 is 0 Å². The smallest absolute Gasteiger partial charge is 0.289 e. The van der Waals surface area contributed by atoms with E-state index in [2.05, 4.69) is 16.0 Å². The molecule has 1 aliphatic heterocycles. The summed E-state index contributed by atoms with van der Waals surface area (Å²) in [6.07, 6.45) is 1.20. The van der Waals surface area contributed by atoms with Crippen molar-refractivity contribution in [3.63, 3.8) is 0 Å². The first-order chi connectivity index (χ1) is 14.5. The summed E-state index contributed by atoms with van der Waals surface area (Å²) in [7, 11) is 0. The van der Waals surface area contributed by atoms with Gasteiger partial charge < -0.3 is 4.90 Å². The maximum absolute atomic E-state index is 13.5. The van der Waals surface area contributed by atoms with Crippen LogP contribution < -0.4 is 4.90 Å². The number of nitrogens with zero attached hydrogens (tertiary/aromatic N) is 5. The first-order valence-electron chi connectivity index (χ1n) is 9.40. The van der Waals surface area contributed by atoms with Crippen molar-refractivity contribution in [1.82, 2.24) is 9.88 Å². The molecule has 0 saturated carbocycles. The normalized spacial score (nSPS) is 14.5. The summed E-state index contributed by atoms with van der Waals surface area (Å²) in [4.78, 5) is 21.1. The summed E-state index contributed by atoms with van der Waals surface area (Å²) in [6.45, 7) is 3.74. The van der Waals surface area contributed by atoms with Crippen LogP contribution in [-0.2, 0) is 6.54 Å². The number of piperazine rings is 1. The van der Waals surface area contributed by atoms with Gasteiger partial charge in [0.1, 0.15) is 29.5 Å². The van der Waals surface area contributed by atoms with Gasteiger partial charge in [-0.1, -0.05) is 12.1 Å². The molecule has 1 aliphatic rings. The Bertz CT molecular complexity index is 1120. The predicted octanol–water partition coefficient (Wildman–Crippen LogP) is 4.05. The summed E-state index contributed by atoms with van der Waals surface area (Å²) < 4.78 is 13.5. The highest BCUT2D eigenvalue weighted by Crippen LogP contribution is 2.30. The molecule has 3 aromatic rings. The molecule has 4 rings (SSSR count). The van der Waals surface area contributed by atoms with Crippen LogP contribution in [0.5, 0.6) is 0 Å². The van der Waals surface area contributed by atoms with E-state index in [9.17, 15) is 19.8 Å². The Morgan fingerprint density at radius 3 is 2.70 bits per heavy atom. The van der Waals surface area contributed by atoms with Crippen molar-refractivity contribution in [3.8, 4) is 16.5 Å². The fourth-order valence-corrected chi connectivity index (χ4v) is 4.53. The molecule has 0 N–H and O–H groups in total. The van der Waals surface area contributed by atoms with Crippen molar-refractivity contribution in [3.05, 3.63) is 75.0 Å². The number of anilines is 1. The lowest BCUT2D eigenvalue weighted by atomic mass is 10.2. The highest BCUT2D eigenvalue weighted by molar-refractivity contribution is 7.15. The quantitative estimate of drug-likeness (QED) is 0.455. The highest BCUT2D eigenvalue weighted by Gasteiger charge is 2.22. The van der Waals surface area contributed by atoms with Crippen LogP contribution in [0.2, 0.25) is 0 Å². The van der Waals surface area contributed by atoms with Crippen LogP contribution in [-0.4, -0.2) is 41.0 Å². The third-order valence-corrected chi connectivity index (χ3v) is 6.12. The summed E-state index contributed by atoms with van der Waals surface area (Å²) >= 11 is 1.65. The number of pyridine rings is 1. The van der Waals surface area contributed by atoms with E-state index in [-0.39, 0.29) is 17.1 Å². The molecular weight excluding hydrogens is 405 g/mol. The molecule has 30 heavy (non-hydrogen) atoms. The maximum Gasteiger partial charge on any atom is 0.289 e. The number of aromatic nitrogens is 1. The van der Waals surface area contributed by atoms with Gasteiger partial charge in [-0.3, -0.25) is 15.0 Å². The topological polar surface area (TPSA) is 86.3 Å². The number of hydrogen-bond donors (Lipinski definition) is 0. The number of nitro groups is 1. The largest absolute Gasteiger partial charge is 0.353 e. The van der Waals surface area contributed by atoms with Crippen LogP contribution in [0.25, 0.3) is 10.4 Å². The van der Waals surface area contributed by atoms with Crippen LogP contribution in [0.3, 0.4) is 0 Å². The monoisotopic (exact) mass is 423 g/mol. The SMILES string of the molecule is N#Cc1cc([N+](=O)[O-])cnc1N1CCN(Cc2ccc(-c3cccc(F)c3)s2)CC1. The average molecular weight is 423 g/mol. The summed E-state index contributed by atoms with van der Waals surface area (Å²) in [5.74, 6) is 0.252. The summed E-state index contributed by atoms with van der Waals surface area (Å²) in [5, 5.41) is 20.2. The van der Waals surface area contributed by atoms with Gasteiger partial charge in [-0.05, 0) is 29.8 Å². The lowest BCUT2D eigenvalue weighted by molar-refractivity contribution is -0.385. The Morgan fingerprint density at radius 1 is 1.20 bits per heavy atom. The predicted molar refractivity (Wildman–Crippen MR) is 113 cm³/mol. The number of nitriles is 1. The van der Waals surface area contributed by atoms with Crippen LogP contribution in [0.1, 0.15) is 10.4 Å². The van der Waals surface area contributed by atoms with Crippen LogP contribution in [0.15, 0.2) is 48.7 Å². The second kappa shape index (κ2) is 8.57. The molecule has 0 radical (unpaired) electrons. The Morgan fingerprint density at radius 2 is 2.00 bits per heavy atom. The van der Waals surface area contributed by atoms with E-state index in [1.165, 1.54) is 23.2 Å². The zero-order valence-corrected chi connectivity index (χ0v) is 16.8. The Labute approximate surface area is 176 Å². The first-order valence-corrected chi connectivity index (χ1v) is 10.2. The second-order valence-electron chi connectivity index (χ2n) is 6.97. The van der Waals surface area contributed by atoms with Crippen molar-refractivity contribution in [2.75, 3.05) is 31.1 Å². The third-order valence-electron chi connectivity index (χ3n) is 5.01. The van der Waals surface area contributed by atoms with Gasteiger partial charge in [0.15, 0.2) is 0 Å². The molecule has 7 nitrogen and oxygen atoms in total. The van der Waals surface area contributed by atoms with Gasteiger partial charge in [0.2, 0.25) is 0 Å². The lowest BCUT2D eigenvalue weighted by Gasteiger charge is -2.35. The molecule has 3 heterocycles. The van der Waals surface area contributed by atoms with E-state index in [0.717, 1.165) is 30.1 Å². The van der Waals surface area contributed by atoms with Gasteiger partial charge in [0, 0.05) is 48.5 Å². The minimum atomic E-state index is -0.547. The van der Waals surface area contributed by atoms with Crippen LogP contribution in [0, 0.1) is 27.3 Å². The van der Waals surface area contributed by atoms with Crippen molar-refractivity contribution < 1.29 is 9.31 Å². The van der Waals surface area contributed by atoms with E-state index in [1.54, 1.807) is 23.5 Å². The molecule has 0 spiro atoms. The molecule has 152 valence electrons. The first kappa shape index (κ1) is 19.9. The molecule has 0 aliphatic carbocycles. The van der Waals surface area contributed by atoms with E-state index in [4.69, 9.17) is 0 Å². The van der Waals surface area contributed by atoms with Gasteiger partial charge in [0.25, 0.3) is 5.69 Å². The van der Waals surface area contributed by atoms with Gasteiger partial charge in [-0.15, -0.1) is 11.3 Å². The van der Waals surface area contributed by atoms with E-state index in [1.807, 2.05) is 23.1 Å². The highest BCUT2D eigenvalue weighted by atomic mass is 32.1. The lowest BCUT2D eigenvalue weighted by Crippen LogP contribution is -2.46. The fourth-order valence-electron chi connectivity index (χ4n) is 3.48. The zero-order chi connectivity index (χ0) is 21.1. The molecule has 1 fully saturated rings. The maximum atomic E-state index is 13.5. The Hall–Kier alpha value is -3.35. The van der Waals surface area contributed by atoms with Crippen LogP contribution >= 0.6 is 11.3 Å².